The minimum Gasteiger partial charge on any atom is -0.365 e. The molecule has 1 aliphatic rings. The Hall–Kier alpha value is -1.62. The second-order valence-corrected chi connectivity index (χ2v) is 4.68. The summed E-state index contributed by atoms with van der Waals surface area (Å²) in [5.74, 6) is 1.59. The maximum absolute atomic E-state index is 4.34. The number of piperidine rings is 1. The van der Waals surface area contributed by atoms with Crippen LogP contribution in [0.2, 0.25) is 0 Å². The summed E-state index contributed by atoms with van der Waals surface area (Å²) in [5, 5.41) is 8.00. The quantitative estimate of drug-likeness (QED) is 0.730. The van der Waals surface area contributed by atoms with E-state index >= 15 is 0 Å². The molecule has 1 saturated heterocycles. The normalized spacial score (nSPS) is 25.0. The van der Waals surface area contributed by atoms with Crippen LogP contribution in [0.1, 0.15) is 13.3 Å². The number of fused-ring (bicyclic) bond motifs is 1. The molecule has 0 radical (unpaired) electrons. The molecule has 1 fully saturated rings. The Morgan fingerprint density at radius 3 is 3.24 bits per heavy atom. The van der Waals surface area contributed by atoms with Gasteiger partial charge in [0.25, 0.3) is 0 Å². The summed E-state index contributed by atoms with van der Waals surface area (Å²) < 4.78 is 0. The van der Waals surface area contributed by atoms with E-state index in [1.165, 1.54) is 6.42 Å². The summed E-state index contributed by atoms with van der Waals surface area (Å²) >= 11 is 0. The molecule has 5 nitrogen and oxygen atoms in total. The largest absolute Gasteiger partial charge is 0.365 e. The van der Waals surface area contributed by atoms with Crippen LogP contribution < -0.4 is 10.6 Å². The van der Waals surface area contributed by atoms with Gasteiger partial charge in [-0.3, -0.25) is 0 Å². The molecule has 5 heteroatoms. The zero-order chi connectivity index (χ0) is 11.7. The first-order valence-corrected chi connectivity index (χ1v) is 6.10. The van der Waals surface area contributed by atoms with E-state index < -0.39 is 0 Å². The van der Waals surface area contributed by atoms with Gasteiger partial charge in [0.05, 0.1) is 5.39 Å². The van der Waals surface area contributed by atoms with Crippen molar-refractivity contribution in [2.45, 2.75) is 19.4 Å². The van der Waals surface area contributed by atoms with Gasteiger partial charge in [0.2, 0.25) is 0 Å². The zero-order valence-corrected chi connectivity index (χ0v) is 9.90. The average Bonchev–Trinajstić information content (AvgIpc) is 2.81. The monoisotopic (exact) mass is 231 g/mol. The Morgan fingerprint density at radius 2 is 2.35 bits per heavy atom. The summed E-state index contributed by atoms with van der Waals surface area (Å²) in [6, 6.07) is 2.45. The highest BCUT2D eigenvalue weighted by molar-refractivity contribution is 5.86. The van der Waals surface area contributed by atoms with E-state index in [9.17, 15) is 0 Å². The molecule has 3 N–H and O–H groups in total. The predicted molar refractivity (Wildman–Crippen MR) is 68.0 cm³/mol. The SMILES string of the molecule is C[C@H]1CCNC[C@@H]1Nc1ncnc2[nH]ccc12. The Bertz CT molecular complexity index is 506. The predicted octanol–water partition coefficient (Wildman–Crippen LogP) is 1.37. The lowest BCUT2D eigenvalue weighted by molar-refractivity contribution is 0.366. The number of anilines is 1. The van der Waals surface area contributed by atoms with E-state index in [1.54, 1.807) is 6.33 Å². The van der Waals surface area contributed by atoms with Crippen LogP contribution >= 0.6 is 0 Å². The molecule has 0 aliphatic carbocycles. The molecule has 2 atom stereocenters. The lowest BCUT2D eigenvalue weighted by Gasteiger charge is -2.30. The van der Waals surface area contributed by atoms with Crippen molar-refractivity contribution in [2.75, 3.05) is 18.4 Å². The number of H-pyrrole nitrogens is 1. The number of hydrogen-bond donors (Lipinski definition) is 3. The van der Waals surface area contributed by atoms with Crippen molar-refractivity contribution in [3.8, 4) is 0 Å². The highest BCUT2D eigenvalue weighted by atomic mass is 15.1. The summed E-state index contributed by atoms with van der Waals surface area (Å²) in [6.07, 6.45) is 4.70. The van der Waals surface area contributed by atoms with E-state index in [0.29, 0.717) is 12.0 Å². The lowest BCUT2D eigenvalue weighted by atomic mass is 9.95. The van der Waals surface area contributed by atoms with Crippen LogP contribution in [0.5, 0.6) is 0 Å². The number of nitrogens with one attached hydrogen (secondary N) is 3. The van der Waals surface area contributed by atoms with Crippen LogP contribution in [0.25, 0.3) is 11.0 Å². The van der Waals surface area contributed by atoms with E-state index in [-0.39, 0.29) is 0 Å². The van der Waals surface area contributed by atoms with Crippen LogP contribution in [-0.2, 0) is 0 Å². The van der Waals surface area contributed by atoms with E-state index in [4.69, 9.17) is 0 Å². The van der Waals surface area contributed by atoms with Gasteiger partial charge in [0.15, 0.2) is 0 Å². The van der Waals surface area contributed by atoms with Crippen LogP contribution in [0.4, 0.5) is 5.82 Å². The number of rotatable bonds is 2. The first kappa shape index (κ1) is 10.5. The molecule has 0 aromatic carbocycles. The van der Waals surface area contributed by atoms with Crippen molar-refractivity contribution in [3.05, 3.63) is 18.6 Å². The maximum Gasteiger partial charge on any atom is 0.142 e. The third-order valence-corrected chi connectivity index (χ3v) is 3.50. The fraction of sp³-hybridized carbons (Fsp3) is 0.500. The average molecular weight is 231 g/mol. The minimum absolute atomic E-state index is 0.441. The summed E-state index contributed by atoms with van der Waals surface area (Å²) in [6.45, 7) is 4.40. The molecule has 90 valence electrons. The van der Waals surface area contributed by atoms with Crippen molar-refractivity contribution >= 4 is 16.9 Å². The smallest absolute Gasteiger partial charge is 0.142 e. The zero-order valence-electron chi connectivity index (χ0n) is 9.90. The topological polar surface area (TPSA) is 65.6 Å². The molecule has 0 spiro atoms. The minimum atomic E-state index is 0.441. The molecular weight excluding hydrogens is 214 g/mol. The van der Waals surface area contributed by atoms with Crippen LogP contribution in [0.3, 0.4) is 0 Å². The van der Waals surface area contributed by atoms with Gasteiger partial charge in [0.1, 0.15) is 17.8 Å². The standard InChI is InChI=1S/C12H17N5/c1-8-2-4-13-6-10(8)17-12-9-3-5-14-11(9)15-7-16-12/h3,5,7-8,10,13H,2,4,6H2,1H3,(H2,14,15,16,17)/t8-,10-/m0/s1. The Morgan fingerprint density at radius 1 is 1.41 bits per heavy atom. The van der Waals surface area contributed by atoms with E-state index in [1.807, 2.05) is 12.3 Å². The molecule has 0 unspecified atom stereocenters. The van der Waals surface area contributed by atoms with Gasteiger partial charge in [-0.25, -0.2) is 9.97 Å². The molecule has 0 bridgehead atoms. The molecule has 2 aromatic rings. The molecule has 0 amide bonds. The van der Waals surface area contributed by atoms with Gasteiger partial charge in [-0.05, 0) is 24.9 Å². The molecular formula is C12H17N5. The highest BCUT2D eigenvalue weighted by Gasteiger charge is 2.21. The lowest BCUT2D eigenvalue weighted by Crippen LogP contribution is -2.44. The van der Waals surface area contributed by atoms with Gasteiger partial charge in [-0.2, -0.15) is 0 Å². The molecule has 3 heterocycles. The Balaban J connectivity index is 1.86. The van der Waals surface area contributed by atoms with Crippen molar-refractivity contribution in [2.24, 2.45) is 5.92 Å². The summed E-state index contributed by atoms with van der Waals surface area (Å²) in [7, 11) is 0. The Kier molecular flexibility index (Phi) is 2.68. The fourth-order valence-electron chi connectivity index (χ4n) is 2.35. The number of aromatic nitrogens is 3. The maximum atomic E-state index is 4.34. The summed E-state index contributed by atoms with van der Waals surface area (Å²) in [4.78, 5) is 11.6. The fourth-order valence-corrected chi connectivity index (χ4v) is 2.35. The van der Waals surface area contributed by atoms with Gasteiger partial charge >= 0.3 is 0 Å². The third kappa shape index (κ3) is 1.98. The van der Waals surface area contributed by atoms with Gasteiger partial charge < -0.3 is 15.6 Å². The van der Waals surface area contributed by atoms with Gasteiger partial charge in [-0.15, -0.1) is 0 Å². The molecule has 0 saturated carbocycles. The first-order valence-electron chi connectivity index (χ1n) is 6.10. The second kappa shape index (κ2) is 4.33. The van der Waals surface area contributed by atoms with E-state index in [0.717, 1.165) is 29.9 Å². The van der Waals surface area contributed by atoms with Crippen LogP contribution in [0.15, 0.2) is 18.6 Å². The van der Waals surface area contributed by atoms with Crippen molar-refractivity contribution in [1.29, 1.82) is 0 Å². The first-order chi connectivity index (χ1) is 8.34. The molecule has 1 aliphatic heterocycles. The number of hydrogen-bond acceptors (Lipinski definition) is 4. The molecule has 3 rings (SSSR count). The van der Waals surface area contributed by atoms with E-state index in [2.05, 4.69) is 32.5 Å². The highest BCUT2D eigenvalue weighted by Crippen LogP contribution is 2.21. The third-order valence-electron chi connectivity index (χ3n) is 3.50. The van der Waals surface area contributed by atoms with Gasteiger partial charge in [0, 0.05) is 18.8 Å². The summed E-state index contributed by atoms with van der Waals surface area (Å²) in [5.41, 5.74) is 0.888. The van der Waals surface area contributed by atoms with Crippen LogP contribution in [-0.4, -0.2) is 34.1 Å². The molecule has 17 heavy (non-hydrogen) atoms. The van der Waals surface area contributed by atoms with Crippen molar-refractivity contribution in [1.82, 2.24) is 20.3 Å². The Labute approximate surface area is 100 Å². The van der Waals surface area contributed by atoms with Crippen LogP contribution in [0, 0.1) is 5.92 Å². The number of aromatic amines is 1. The van der Waals surface area contributed by atoms with Crippen molar-refractivity contribution in [3.63, 3.8) is 0 Å². The molecule has 2 aromatic heterocycles. The van der Waals surface area contributed by atoms with Crippen molar-refractivity contribution < 1.29 is 0 Å². The second-order valence-electron chi connectivity index (χ2n) is 4.68. The van der Waals surface area contributed by atoms with Gasteiger partial charge in [-0.1, -0.05) is 6.92 Å². The number of nitrogens with zero attached hydrogens (tertiary/aromatic N) is 2.